The van der Waals surface area contributed by atoms with Crippen molar-refractivity contribution in [2.45, 2.75) is 31.8 Å². The van der Waals surface area contributed by atoms with Crippen LogP contribution in [0.4, 0.5) is 0 Å². The molecule has 2 aromatic rings. The molecular formula is C17H23N3O. The lowest BCUT2D eigenvalue weighted by atomic mass is 9.97. The minimum absolute atomic E-state index is 0.00761. The lowest BCUT2D eigenvalue weighted by molar-refractivity contribution is 0.180. The maximum atomic E-state index is 6.44. The van der Waals surface area contributed by atoms with E-state index in [9.17, 15) is 0 Å². The van der Waals surface area contributed by atoms with E-state index in [1.54, 1.807) is 0 Å². The average molecular weight is 285 g/mol. The highest BCUT2D eigenvalue weighted by Gasteiger charge is 2.27. The van der Waals surface area contributed by atoms with Gasteiger partial charge in [-0.25, -0.2) is 4.98 Å². The first-order chi connectivity index (χ1) is 10.3. The molecule has 2 N–H and O–H groups in total. The zero-order valence-electron chi connectivity index (χ0n) is 12.5. The lowest BCUT2D eigenvalue weighted by Gasteiger charge is -2.23. The number of rotatable bonds is 5. The van der Waals surface area contributed by atoms with Crippen molar-refractivity contribution in [3.05, 3.63) is 54.1 Å². The molecule has 1 fully saturated rings. The van der Waals surface area contributed by atoms with Gasteiger partial charge >= 0.3 is 0 Å². The molecule has 1 aliphatic rings. The number of hydrogen-bond acceptors (Lipinski definition) is 3. The third kappa shape index (κ3) is 3.17. The number of aromatic nitrogens is 2. The molecule has 1 saturated heterocycles. The number of nitrogens with zero attached hydrogens (tertiary/aromatic N) is 2. The summed E-state index contributed by atoms with van der Waals surface area (Å²) in [5.41, 5.74) is 8.89. The highest BCUT2D eigenvalue weighted by Crippen LogP contribution is 2.28. The van der Waals surface area contributed by atoms with Crippen LogP contribution in [0.25, 0.3) is 0 Å². The molecule has 0 radical (unpaired) electrons. The van der Waals surface area contributed by atoms with E-state index in [4.69, 9.17) is 10.5 Å². The average Bonchev–Trinajstić information content (AvgIpc) is 3.19. The zero-order chi connectivity index (χ0) is 14.7. The van der Waals surface area contributed by atoms with Gasteiger partial charge in [-0.3, -0.25) is 0 Å². The summed E-state index contributed by atoms with van der Waals surface area (Å²) >= 11 is 0. The molecule has 0 amide bonds. The van der Waals surface area contributed by atoms with E-state index in [1.807, 2.05) is 18.6 Å². The van der Waals surface area contributed by atoms with Crippen LogP contribution in [0.15, 0.2) is 42.9 Å². The molecule has 4 heteroatoms. The van der Waals surface area contributed by atoms with Gasteiger partial charge in [-0.2, -0.15) is 0 Å². The van der Waals surface area contributed by atoms with Gasteiger partial charge in [0, 0.05) is 24.8 Å². The number of ether oxygens (including phenoxy) is 1. The predicted molar refractivity (Wildman–Crippen MR) is 82.9 cm³/mol. The zero-order valence-corrected chi connectivity index (χ0v) is 12.5. The predicted octanol–water partition coefficient (Wildman–Crippen LogP) is 2.72. The van der Waals surface area contributed by atoms with Crippen LogP contribution in [-0.4, -0.2) is 22.8 Å². The van der Waals surface area contributed by atoms with E-state index in [0.29, 0.717) is 12.0 Å². The molecule has 0 bridgehead atoms. The van der Waals surface area contributed by atoms with Crippen LogP contribution >= 0.6 is 0 Å². The Morgan fingerprint density at radius 3 is 2.90 bits per heavy atom. The SMILES string of the molecule is CC(Cc1ccccc1)n1cncc1C(N)C1CCOC1. The van der Waals surface area contributed by atoms with Crippen LogP contribution < -0.4 is 5.73 Å². The molecule has 1 aromatic heterocycles. The van der Waals surface area contributed by atoms with Crippen LogP contribution in [0.5, 0.6) is 0 Å². The summed E-state index contributed by atoms with van der Waals surface area (Å²) in [5, 5.41) is 0. The van der Waals surface area contributed by atoms with Crippen LogP contribution in [0, 0.1) is 5.92 Å². The van der Waals surface area contributed by atoms with Crippen molar-refractivity contribution in [3.8, 4) is 0 Å². The molecule has 3 atom stereocenters. The minimum atomic E-state index is 0.00761. The molecule has 112 valence electrons. The Labute approximate surface area is 125 Å². The van der Waals surface area contributed by atoms with Gasteiger partial charge < -0.3 is 15.0 Å². The second-order valence-corrected chi connectivity index (χ2v) is 5.91. The van der Waals surface area contributed by atoms with Gasteiger partial charge in [-0.05, 0) is 25.3 Å². The monoisotopic (exact) mass is 285 g/mol. The number of hydrogen-bond donors (Lipinski definition) is 1. The van der Waals surface area contributed by atoms with E-state index in [1.165, 1.54) is 5.56 Å². The van der Waals surface area contributed by atoms with Crippen molar-refractivity contribution < 1.29 is 4.74 Å². The van der Waals surface area contributed by atoms with Crippen molar-refractivity contribution >= 4 is 0 Å². The first kappa shape index (κ1) is 14.3. The molecule has 1 aromatic carbocycles. The van der Waals surface area contributed by atoms with Crippen molar-refractivity contribution in [2.75, 3.05) is 13.2 Å². The third-order valence-corrected chi connectivity index (χ3v) is 4.36. The number of nitrogens with two attached hydrogens (primary N) is 1. The Balaban J connectivity index is 1.75. The molecule has 0 aliphatic carbocycles. The summed E-state index contributed by atoms with van der Waals surface area (Å²) in [5.74, 6) is 0.407. The topological polar surface area (TPSA) is 53.1 Å². The van der Waals surface area contributed by atoms with Crippen LogP contribution in [0.3, 0.4) is 0 Å². The van der Waals surface area contributed by atoms with Gasteiger partial charge in [-0.15, -0.1) is 0 Å². The highest BCUT2D eigenvalue weighted by atomic mass is 16.5. The molecule has 3 unspecified atom stereocenters. The van der Waals surface area contributed by atoms with Crippen molar-refractivity contribution in [1.82, 2.24) is 9.55 Å². The number of imidazole rings is 1. The van der Waals surface area contributed by atoms with Gasteiger partial charge in [0.05, 0.1) is 24.7 Å². The Morgan fingerprint density at radius 1 is 1.38 bits per heavy atom. The Kier molecular flexibility index (Phi) is 4.36. The summed E-state index contributed by atoms with van der Waals surface area (Å²) < 4.78 is 7.68. The van der Waals surface area contributed by atoms with Crippen molar-refractivity contribution in [1.29, 1.82) is 0 Å². The summed E-state index contributed by atoms with van der Waals surface area (Å²) in [6, 6.07) is 10.9. The quantitative estimate of drug-likeness (QED) is 0.919. The normalized spacial score (nSPS) is 21.3. The fourth-order valence-electron chi connectivity index (χ4n) is 3.07. The minimum Gasteiger partial charge on any atom is -0.381 e. The molecule has 2 heterocycles. The summed E-state index contributed by atoms with van der Waals surface area (Å²) in [6.45, 7) is 3.81. The van der Waals surface area contributed by atoms with Crippen LogP contribution in [0.2, 0.25) is 0 Å². The fourth-order valence-corrected chi connectivity index (χ4v) is 3.07. The highest BCUT2D eigenvalue weighted by molar-refractivity contribution is 5.16. The van der Waals surface area contributed by atoms with Gasteiger partial charge in [0.15, 0.2) is 0 Å². The Morgan fingerprint density at radius 2 is 2.19 bits per heavy atom. The van der Waals surface area contributed by atoms with E-state index >= 15 is 0 Å². The van der Waals surface area contributed by atoms with E-state index in [0.717, 1.165) is 31.7 Å². The van der Waals surface area contributed by atoms with E-state index in [-0.39, 0.29) is 6.04 Å². The fraction of sp³-hybridized carbons (Fsp3) is 0.471. The van der Waals surface area contributed by atoms with Crippen molar-refractivity contribution in [3.63, 3.8) is 0 Å². The van der Waals surface area contributed by atoms with Gasteiger partial charge in [0.1, 0.15) is 0 Å². The van der Waals surface area contributed by atoms with Gasteiger partial charge in [0.2, 0.25) is 0 Å². The molecule has 3 rings (SSSR count). The second kappa shape index (κ2) is 6.41. The molecule has 0 spiro atoms. The number of benzene rings is 1. The van der Waals surface area contributed by atoms with Gasteiger partial charge in [-0.1, -0.05) is 30.3 Å². The van der Waals surface area contributed by atoms with Crippen LogP contribution in [0.1, 0.15) is 36.7 Å². The summed E-state index contributed by atoms with van der Waals surface area (Å²) in [4.78, 5) is 4.32. The largest absolute Gasteiger partial charge is 0.381 e. The molecular weight excluding hydrogens is 262 g/mol. The maximum Gasteiger partial charge on any atom is 0.0951 e. The third-order valence-electron chi connectivity index (χ3n) is 4.36. The summed E-state index contributed by atoms with van der Waals surface area (Å²) in [7, 11) is 0. The smallest absolute Gasteiger partial charge is 0.0951 e. The molecule has 4 nitrogen and oxygen atoms in total. The van der Waals surface area contributed by atoms with E-state index in [2.05, 4.69) is 40.7 Å². The molecule has 21 heavy (non-hydrogen) atoms. The first-order valence-corrected chi connectivity index (χ1v) is 7.64. The van der Waals surface area contributed by atoms with Crippen LogP contribution in [-0.2, 0) is 11.2 Å². The molecule has 1 aliphatic heterocycles. The lowest BCUT2D eigenvalue weighted by Crippen LogP contribution is -2.25. The van der Waals surface area contributed by atoms with Crippen molar-refractivity contribution in [2.24, 2.45) is 11.7 Å². The summed E-state index contributed by atoms with van der Waals surface area (Å²) in [6.07, 6.45) is 5.83. The first-order valence-electron chi connectivity index (χ1n) is 7.64. The maximum absolute atomic E-state index is 6.44. The molecule has 0 saturated carbocycles. The standard InChI is InChI=1S/C17H23N3O/c1-13(9-14-5-3-2-4-6-14)20-12-19-10-16(20)17(18)15-7-8-21-11-15/h2-6,10,12-13,15,17H,7-9,11,18H2,1H3. The Hall–Kier alpha value is -1.65. The van der Waals surface area contributed by atoms with Gasteiger partial charge in [0.25, 0.3) is 0 Å². The van der Waals surface area contributed by atoms with E-state index < -0.39 is 0 Å². The second-order valence-electron chi connectivity index (χ2n) is 5.91. The Bertz CT molecular complexity index is 560.